The van der Waals surface area contributed by atoms with Gasteiger partial charge in [0.15, 0.2) is 5.96 Å². The highest BCUT2D eigenvalue weighted by Crippen LogP contribution is 2.33. The van der Waals surface area contributed by atoms with Gasteiger partial charge in [0.05, 0.1) is 18.7 Å². The van der Waals surface area contributed by atoms with Crippen LogP contribution in [0.5, 0.6) is 0 Å². The Bertz CT molecular complexity index is 464. The number of hydrogen-bond donors (Lipinski definition) is 3. The molecule has 1 heterocycles. The van der Waals surface area contributed by atoms with Gasteiger partial charge in [-0.3, -0.25) is 4.99 Å². The summed E-state index contributed by atoms with van der Waals surface area (Å²) in [5.74, 6) is 0.00705. The number of guanidine groups is 1. The first-order chi connectivity index (χ1) is 9.95. The highest BCUT2D eigenvalue weighted by atomic mass is 19.4. The van der Waals surface area contributed by atoms with Crippen LogP contribution in [0.2, 0.25) is 0 Å². The highest BCUT2D eigenvalue weighted by molar-refractivity contribution is 5.77. The summed E-state index contributed by atoms with van der Waals surface area (Å²) in [5.41, 5.74) is 4.75. The minimum Gasteiger partial charge on any atom is -0.383 e. The van der Waals surface area contributed by atoms with Crippen LogP contribution < -0.4 is 16.4 Å². The van der Waals surface area contributed by atoms with Gasteiger partial charge in [-0.1, -0.05) is 0 Å². The Labute approximate surface area is 120 Å². The predicted molar refractivity (Wildman–Crippen MR) is 74.1 cm³/mol. The molecule has 0 amide bonds. The van der Waals surface area contributed by atoms with Gasteiger partial charge in [-0.15, -0.1) is 0 Å². The number of aromatic nitrogens is 1. The second kappa shape index (κ2) is 8.30. The minimum atomic E-state index is -4.44. The normalized spacial score (nSPS) is 12.3. The summed E-state index contributed by atoms with van der Waals surface area (Å²) >= 11 is 0. The van der Waals surface area contributed by atoms with Crippen LogP contribution in [0.4, 0.5) is 19.0 Å². The lowest BCUT2D eigenvalue weighted by molar-refractivity contribution is -0.137. The second-order valence-electron chi connectivity index (χ2n) is 4.01. The number of nitrogens with zero attached hydrogens (tertiary/aromatic N) is 2. The number of alkyl halides is 3. The van der Waals surface area contributed by atoms with Gasteiger partial charge in [0.25, 0.3) is 0 Å². The summed E-state index contributed by atoms with van der Waals surface area (Å²) < 4.78 is 42.9. The molecule has 1 aromatic heterocycles. The van der Waals surface area contributed by atoms with Crippen molar-refractivity contribution in [3.05, 3.63) is 23.9 Å². The van der Waals surface area contributed by atoms with E-state index in [4.69, 9.17) is 10.5 Å². The van der Waals surface area contributed by atoms with Crippen molar-refractivity contribution in [3.8, 4) is 0 Å². The zero-order chi connectivity index (χ0) is 15.7. The number of anilines is 1. The Morgan fingerprint density at radius 1 is 1.43 bits per heavy atom. The van der Waals surface area contributed by atoms with Crippen LogP contribution in [-0.4, -0.2) is 44.3 Å². The third kappa shape index (κ3) is 6.30. The Hall–Kier alpha value is -2.03. The van der Waals surface area contributed by atoms with E-state index in [9.17, 15) is 13.2 Å². The van der Waals surface area contributed by atoms with Crippen LogP contribution in [0.3, 0.4) is 0 Å². The van der Waals surface area contributed by atoms with Crippen molar-refractivity contribution in [2.24, 2.45) is 10.7 Å². The second-order valence-corrected chi connectivity index (χ2v) is 4.01. The quantitative estimate of drug-likeness (QED) is 0.398. The molecule has 0 aliphatic rings. The average molecular weight is 305 g/mol. The molecule has 1 rings (SSSR count). The Morgan fingerprint density at radius 3 is 2.86 bits per heavy atom. The zero-order valence-corrected chi connectivity index (χ0v) is 11.6. The first-order valence-electron chi connectivity index (χ1n) is 6.24. The SMILES string of the molecule is COCCN=C(N)NCCNc1ncccc1C(F)(F)F. The number of nitrogens with two attached hydrogens (primary N) is 1. The van der Waals surface area contributed by atoms with Crippen molar-refractivity contribution in [2.75, 3.05) is 38.7 Å². The van der Waals surface area contributed by atoms with E-state index in [2.05, 4.69) is 20.6 Å². The Balaban J connectivity index is 2.42. The minimum absolute atomic E-state index is 0.207. The lowest BCUT2D eigenvalue weighted by Crippen LogP contribution is -2.35. The molecular weight excluding hydrogens is 287 g/mol. The van der Waals surface area contributed by atoms with Gasteiger partial charge in [-0.2, -0.15) is 13.2 Å². The molecule has 0 saturated heterocycles. The number of ether oxygens (including phenoxy) is 1. The number of hydrogen-bond acceptors (Lipinski definition) is 4. The van der Waals surface area contributed by atoms with Gasteiger partial charge in [0, 0.05) is 26.4 Å². The van der Waals surface area contributed by atoms with Crippen molar-refractivity contribution in [3.63, 3.8) is 0 Å². The number of aliphatic imine (C=N–C) groups is 1. The molecule has 0 atom stereocenters. The summed E-state index contributed by atoms with van der Waals surface area (Å²) in [7, 11) is 1.55. The Kier molecular flexibility index (Phi) is 6.73. The first kappa shape index (κ1) is 17.0. The summed E-state index contributed by atoms with van der Waals surface area (Å²) in [4.78, 5) is 7.64. The van der Waals surface area contributed by atoms with E-state index in [-0.39, 0.29) is 18.3 Å². The average Bonchev–Trinajstić information content (AvgIpc) is 2.43. The maximum Gasteiger partial charge on any atom is 0.419 e. The maximum absolute atomic E-state index is 12.7. The van der Waals surface area contributed by atoms with E-state index in [1.54, 1.807) is 7.11 Å². The number of nitrogens with one attached hydrogen (secondary N) is 2. The summed E-state index contributed by atoms with van der Waals surface area (Å²) in [6, 6.07) is 2.22. The lowest BCUT2D eigenvalue weighted by Gasteiger charge is -2.13. The third-order valence-electron chi connectivity index (χ3n) is 2.41. The fraction of sp³-hybridized carbons (Fsp3) is 0.500. The summed E-state index contributed by atoms with van der Waals surface area (Å²) in [6.07, 6.45) is -3.14. The number of methoxy groups -OCH3 is 1. The van der Waals surface area contributed by atoms with E-state index < -0.39 is 11.7 Å². The van der Waals surface area contributed by atoms with E-state index in [1.807, 2.05) is 0 Å². The molecule has 21 heavy (non-hydrogen) atoms. The zero-order valence-electron chi connectivity index (χ0n) is 11.6. The van der Waals surface area contributed by atoms with E-state index >= 15 is 0 Å². The maximum atomic E-state index is 12.7. The molecule has 0 bridgehead atoms. The number of rotatable bonds is 7. The smallest absolute Gasteiger partial charge is 0.383 e. The van der Waals surface area contributed by atoms with Crippen LogP contribution in [0.15, 0.2) is 23.3 Å². The largest absolute Gasteiger partial charge is 0.419 e. The molecule has 1 aromatic rings. The van der Waals surface area contributed by atoms with Gasteiger partial charge in [0.2, 0.25) is 0 Å². The van der Waals surface area contributed by atoms with E-state index in [1.165, 1.54) is 12.3 Å². The number of pyridine rings is 1. The standard InChI is InChI=1S/C12H18F3N5O/c1-21-8-7-20-11(16)19-6-5-18-10-9(12(13,14)15)3-2-4-17-10/h2-4H,5-8H2,1H3,(H,17,18)(H3,16,19,20). The molecule has 0 saturated carbocycles. The van der Waals surface area contributed by atoms with Crippen LogP contribution >= 0.6 is 0 Å². The molecule has 9 heteroatoms. The van der Waals surface area contributed by atoms with Crippen LogP contribution in [0, 0.1) is 0 Å². The van der Waals surface area contributed by atoms with Gasteiger partial charge >= 0.3 is 6.18 Å². The van der Waals surface area contributed by atoms with Crippen molar-refractivity contribution in [1.29, 1.82) is 0 Å². The van der Waals surface area contributed by atoms with Crippen molar-refractivity contribution >= 4 is 11.8 Å². The third-order valence-corrected chi connectivity index (χ3v) is 2.41. The molecule has 0 aliphatic heterocycles. The number of halogens is 3. The summed E-state index contributed by atoms with van der Waals surface area (Å²) in [6.45, 7) is 1.40. The molecular formula is C12H18F3N5O. The molecule has 118 valence electrons. The molecule has 0 aromatic carbocycles. The monoisotopic (exact) mass is 305 g/mol. The fourth-order valence-electron chi connectivity index (χ4n) is 1.46. The van der Waals surface area contributed by atoms with Crippen LogP contribution in [0.1, 0.15) is 5.56 Å². The van der Waals surface area contributed by atoms with Gasteiger partial charge in [0.1, 0.15) is 5.82 Å². The van der Waals surface area contributed by atoms with Crippen molar-refractivity contribution in [2.45, 2.75) is 6.18 Å². The van der Waals surface area contributed by atoms with Crippen LogP contribution in [0.25, 0.3) is 0 Å². The van der Waals surface area contributed by atoms with Crippen molar-refractivity contribution < 1.29 is 17.9 Å². The molecule has 0 aliphatic carbocycles. The predicted octanol–water partition coefficient (Wildman–Crippen LogP) is 1.06. The highest BCUT2D eigenvalue weighted by Gasteiger charge is 2.33. The first-order valence-corrected chi connectivity index (χ1v) is 6.24. The molecule has 0 fully saturated rings. The molecule has 6 nitrogen and oxygen atoms in total. The van der Waals surface area contributed by atoms with Crippen LogP contribution in [-0.2, 0) is 10.9 Å². The molecule has 4 N–H and O–H groups in total. The lowest BCUT2D eigenvalue weighted by atomic mass is 10.2. The molecule has 0 unspecified atom stereocenters. The van der Waals surface area contributed by atoms with E-state index in [0.29, 0.717) is 19.7 Å². The molecule has 0 spiro atoms. The summed E-state index contributed by atoms with van der Waals surface area (Å²) in [5, 5.41) is 5.38. The van der Waals surface area contributed by atoms with E-state index in [0.717, 1.165) is 6.07 Å². The molecule has 0 radical (unpaired) electrons. The topological polar surface area (TPSA) is 84.6 Å². The fourth-order valence-corrected chi connectivity index (χ4v) is 1.46. The van der Waals surface area contributed by atoms with Gasteiger partial charge in [-0.25, -0.2) is 4.98 Å². The van der Waals surface area contributed by atoms with Gasteiger partial charge < -0.3 is 21.1 Å². The Morgan fingerprint density at radius 2 is 2.19 bits per heavy atom. The van der Waals surface area contributed by atoms with Crippen molar-refractivity contribution in [1.82, 2.24) is 10.3 Å². The van der Waals surface area contributed by atoms with Gasteiger partial charge in [-0.05, 0) is 12.1 Å².